The lowest BCUT2D eigenvalue weighted by Gasteiger charge is -2.27. The molecule has 10 heavy (non-hydrogen) atoms. The van der Waals surface area contributed by atoms with E-state index in [0.29, 0.717) is 0 Å². The molecule has 0 spiro atoms. The molecular formula is C6H11NO3. The molecule has 4 heteroatoms. The minimum Gasteiger partial charge on any atom is -0.494 e. The average molecular weight is 145 g/mol. The van der Waals surface area contributed by atoms with Crippen molar-refractivity contribution in [2.75, 3.05) is 6.54 Å². The first-order valence-electron chi connectivity index (χ1n) is 3.14. The highest BCUT2D eigenvalue weighted by Crippen LogP contribution is 2.10. The summed E-state index contributed by atoms with van der Waals surface area (Å²) in [5, 5.41) is 18.1. The van der Waals surface area contributed by atoms with E-state index >= 15 is 0 Å². The predicted molar refractivity (Wildman–Crippen MR) is 35.1 cm³/mol. The Morgan fingerprint density at radius 3 is 2.70 bits per heavy atom. The maximum absolute atomic E-state index is 9.13. The molecule has 0 amide bonds. The van der Waals surface area contributed by atoms with Gasteiger partial charge in [0.25, 0.3) is 0 Å². The summed E-state index contributed by atoms with van der Waals surface area (Å²) in [6, 6.07) is 0. The molecule has 3 unspecified atom stereocenters. The molecule has 0 saturated carbocycles. The maximum atomic E-state index is 9.13. The second-order valence-electron chi connectivity index (χ2n) is 2.22. The average Bonchev–Trinajstić information content (AvgIpc) is 1.95. The van der Waals surface area contributed by atoms with Crippen molar-refractivity contribution in [1.82, 2.24) is 0 Å². The molecule has 58 valence electrons. The van der Waals surface area contributed by atoms with Crippen molar-refractivity contribution >= 4 is 0 Å². The third kappa shape index (κ3) is 1.29. The molecular weight excluding hydrogens is 134 g/mol. The fourth-order valence-electron chi connectivity index (χ4n) is 0.836. The van der Waals surface area contributed by atoms with Gasteiger partial charge in [0.1, 0.15) is 18.3 Å². The Morgan fingerprint density at radius 2 is 2.20 bits per heavy atom. The van der Waals surface area contributed by atoms with E-state index in [0.717, 1.165) is 0 Å². The second-order valence-corrected chi connectivity index (χ2v) is 2.22. The molecule has 1 heterocycles. The molecule has 0 aromatic rings. The number of hydrogen-bond acceptors (Lipinski definition) is 4. The first-order valence-corrected chi connectivity index (χ1v) is 3.14. The molecule has 0 radical (unpaired) electrons. The topological polar surface area (TPSA) is 75.7 Å². The van der Waals surface area contributed by atoms with Gasteiger partial charge in [-0.1, -0.05) is 0 Å². The van der Waals surface area contributed by atoms with Crippen molar-refractivity contribution in [2.24, 2.45) is 5.73 Å². The molecule has 0 bridgehead atoms. The van der Waals surface area contributed by atoms with Gasteiger partial charge in [-0.15, -0.1) is 0 Å². The fraction of sp³-hybridized carbons (Fsp3) is 0.667. The maximum Gasteiger partial charge on any atom is 0.139 e. The smallest absolute Gasteiger partial charge is 0.139 e. The van der Waals surface area contributed by atoms with Crippen LogP contribution in [-0.2, 0) is 4.74 Å². The molecule has 0 fully saturated rings. The zero-order chi connectivity index (χ0) is 7.56. The highest BCUT2D eigenvalue weighted by atomic mass is 16.5. The number of hydrogen-bond donors (Lipinski definition) is 3. The molecule has 0 aromatic heterocycles. The monoisotopic (exact) mass is 145 g/mol. The van der Waals surface area contributed by atoms with Gasteiger partial charge in [0.05, 0.1) is 6.26 Å². The van der Waals surface area contributed by atoms with E-state index in [9.17, 15) is 0 Å². The van der Waals surface area contributed by atoms with Gasteiger partial charge in [0.2, 0.25) is 0 Å². The predicted octanol–water partition coefficient (Wildman–Crippen LogP) is -1.42. The Balaban J connectivity index is 2.56. The van der Waals surface area contributed by atoms with Crippen molar-refractivity contribution in [1.29, 1.82) is 0 Å². The van der Waals surface area contributed by atoms with Crippen LogP contribution < -0.4 is 5.73 Å². The molecule has 4 N–H and O–H groups in total. The zero-order valence-electron chi connectivity index (χ0n) is 5.47. The lowest BCUT2D eigenvalue weighted by Crippen LogP contribution is -2.44. The molecule has 4 nitrogen and oxygen atoms in total. The van der Waals surface area contributed by atoms with Crippen LogP contribution in [0.3, 0.4) is 0 Å². The van der Waals surface area contributed by atoms with Gasteiger partial charge in [-0.3, -0.25) is 0 Å². The number of rotatable bonds is 1. The van der Waals surface area contributed by atoms with E-state index in [4.69, 9.17) is 20.7 Å². The first-order chi connectivity index (χ1) is 4.75. The van der Waals surface area contributed by atoms with Crippen LogP contribution in [0.15, 0.2) is 12.3 Å². The minimum absolute atomic E-state index is 0.211. The van der Waals surface area contributed by atoms with Crippen molar-refractivity contribution in [3.8, 4) is 0 Å². The van der Waals surface area contributed by atoms with Crippen LogP contribution in [0.25, 0.3) is 0 Å². The molecule has 3 atom stereocenters. The van der Waals surface area contributed by atoms with E-state index in [-0.39, 0.29) is 6.54 Å². The highest BCUT2D eigenvalue weighted by molar-refractivity contribution is 4.96. The third-order valence-electron chi connectivity index (χ3n) is 1.49. The Labute approximate surface area is 58.9 Å². The molecule has 1 rings (SSSR count). The van der Waals surface area contributed by atoms with Crippen LogP contribution in [-0.4, -0.2) is 35.1 Å². The van der Waals surface area contributed by atoms with E-state index in [2.05, 4.69) is 0 Å². The van der Waals surface area contributed by atoms with Crippen molar-refractivity contribution < 1.29 is 14.9 Å². The molecule has 0 aliphatic carbocycles. The summed E-state index contributed by atoms with van der Waals surface area (Å²) in [6.07, 6.45) is 0.531. The van der Waals surface area contributed by atoms with Crippen LogP contribution >= 0.6 is 0 Å². The van der Waals surface area contributed by atoms with Gasteiger partial charge in [0.15, 0.2) is 0 Å². The normalized spacial score (nSPS) is 39.3. The Kier molecular flexibility index (Phi) is 2.26. The third-order valence-corrected chi connectivity index (χ3v) is 1.49. The van der Waals surface area contributed by atoms with Crippen molar-refractivity contribution in [3.05, 3.63) is 12.3 Å². The molecule has 1 aliphatic rings. The summed E-state index contributed by atoms with van der Waals surface area (Å²) < 4.78 is 4.89. The number of ether oxygens (including phenoxy) is 1. The number of nitrogens with two attached hydrogens (primary N) is 1. The van der Waals surface area contributed by atoms with Gasteiger partial charge in [-0.25, -0.2) is 0 Å². The number of aliphatic hydroxyl groups excluding tert-OH is 2. The van der Waals surface area contributed by atoms with Gasteiger partial charge in [-0.2, -0.15) is 0 Å². The van der Waals surface area contributed by atoms with Crippen LogP contribution in [0.1, 0.15) is 0 Å². The SMILES string of the molecule is NCC1OC=CC(O)C1O. The summed E-state index contributed by atoms with van der Waals surface area (Å²) >= 11 is 0. The van der Waals surface area contributed by atoms with E-state index in [1.165, 1.54) is 12.3 Å². The first kappa shape index (κ1) is 7.53. The van der Waals surface area contributed by atoms with E-state index in [1.807, 2.05) is 0 Å². The van der Waals surface area contributed by atoms with Crippen LogP contribution in [0, 0.1) is 0 Å². The summed E-state index contributed by atoms with van der Waals surface area (Å²) in [5.41, 5.74) is 5.23. The van der Waals surface area contributed by atoms with Crippen molar-refractivity contribution in [3.63, 3.8) is 0 Å². The minimum atomic E-state index is -0.894. The van der Waals surface area contributed by atoms with Crippen LogP contribution in [0.5, 0.6) is 0 Å². The molecule has 0 aromatic carbocycles. The molecule has 1 aliphatic heterocycles. The lowest BCUT2D eigenvalue weighted by molar-refractivity contribution is -0.0581. The summed E-state index contributed by atoms with van der Waals surface area (Å²) in [7, 11) is 0. The Hall–Kier alpha value is -0.580. The van der Waals surface area contributed by atoms with Crippen LogP contribution in [0.2, 0.25) is 0 Å². The fourth-order valence-corrected chi connectivity index (χ4v) is 0.836. The zero-order valence-corrected chi connectivity index (χ0v) is 5.47. The lowest BCUT2D eigenvalue weighted by atomic mass is 10.1. The quantitative estimate of drug-likeness (QED) is 0.423. The van der Waals surface area contributed by atoms with Gasteiger partial charge < -0.3 is 20.7 Å². The van der Waals surface area contributed by atoms with Crippen molar-refractivity contribution in [2.45, 2.75) is 18.3 Å². The highest BCUT2D eigenvalue weighted by Gasteiger charge is 2.27. The Bertz CT molecular complexity index is 137. The second kappa shape index (κ2) is 3.01. The summed E-state index contributed by atoms with van der Waals surface area (Å²) in [4.78, 5) is 0. The van der Waals surface area contributed by atoms with E-state index in [1.54, 1.807) is 0 Å². The number of aliphatic hydroxyl groups is 2. The van der Waals surface area contributed by atoms with Gasteiger partial charge in [-0.05, 0) is 6.08 Å². The Morgan fingerprint density at radius 1 is 1.50 bits per heavy atom. The van der Waals surface area contributed by atoms with Gasteiger partial charge >= 0.3 is 0 Å². The molecule has 0 saturated heterocycles. The van der Waals surface area contributed by atoms with Gasteiger partial charge in [0, 0.05) is 6.54 Å². The van der Waals surface area contributed by atoms with E-state index < -0.39 is 18.3 Å². The summed E-state index contributed by atoms with van der Waals surface area (Å²) in [5.74, 6) is 0. The largest absolute Gasteiger partial charge is 0.494 e. The standard InChI is InChI=1S/C6H11NO3/c7-3-5-6(9)4(8)1-2-10-5/h1-2,4-6,8-9H,3,7H2. The van der Waals surface area contributed by atoms with Crippen LogP contribution in [0.4, 0.5) is 0 Å². The summed E-state index contributed by atoms with van der Waals surface area (Å²) in [6.45, 7) is 0.211.